The average molecular weight is 472 g/mol. The number of ether oxygens (including phenoxy) is 2. The van der Waals surface area contributed by atoms with Crippen LogP contribution in [0.3, 0.4) is 0 Å². The monoisotopic (exact) mass is 471 g/mol. The van der Waals surface area contributed by atoms with Gasteiger partial charge < -0.3 is 19.6 Å². The van der Waals surface area contributed by atoms with Crippen LogP contribution in [0.25, 0.3) is 10.2 Å². The van der Waals surface area contributed by atoms with E-state index in [9.17, 15) is 14.7 Å². The summed E-state index contributed by atoms with van der Waals surface area (Å²) in [5.74, 6) is 0.0886. The fourth-order valence-corrected chi connectivity index (χ4v) is 4.93. The summed E-state index contributed by atoms with van der Waals surface area (Å²) in [6, 6.07) is 10.2. The maximum absolute atomic E-state index is 12.8. The Kier molecular flexibility index (Phi) is 7.54. The van der Waals surface area contributed by atoms with Crippen molar-refractivity contribution in [2.45, 2.75) is 52.0 Å². The number of carbonyl (C=O) groups excluding carboxylic acids is 1. The van der Waals surface area contributed by atoms with Gasteiger partial charge in [0.25, 0.3) is 5.56 Å². The summed E-state index contributed by atoms with van der Waals surface area (Å²) in [7, 11) is 0. The highest BCUT2D eigenvalue weighted by atomic mass is 32.1. The summed E-state index contributed by atoms with van der Waals surface area (Å²) in [4.78, 5) is 35.5. The molecule has 1 aliphatic rings. The van der Waals surface area contributed by atoms with Gasteiger partial charge in [-0.3, -0.25) is 9.69 Å². The molecule has 8 nitrogen and oxygen atoms in total. The number of carbonyl (C=O) groups is 1. The quantitative estimate of drug-likeness (QED) is 0.414. The van der Waals surface area contributed by atoms with Crippen LogP contribution in [0.5, 0.6) is 0 Å². The third-order valence-corrected chi connectivity index (χ3v) is 6.76. The van der Waals surface area contributed by atoms with Crippen LogP contribution in [-0.2, 0) is 22.6 Å². The average Bonchev–Trinajstić information content (AvgIpc) is 3.58. The van der Waals surface area contributed by atoms with Crippen LogP contribution in [0.1, 0.15) is 46.4 Å². The minimum absolute atomic E-state index is 0.230. The number of aryl methyl sites for hydroxylation is 1. The summed E-state index contributed by atoms with van der Waals surface area (Å²) in [6.45, 7) is 5.29. The van der Waals surface area contributed by atoms with Crippen LogP contribution >= 0.6 is 11.3 Å². The Balaban J connectivity index is 1.42. The fourth-order valence-electron chi connectivity index (χ4n) is 3.84. The van der Waals surface area contributed by atoms with Gasteiger partial charge >= 0.3 is 5.97 Å². The van der Waals surface area contributed by atoms with Crippen LogP contribution in [-0.4, -0.2) is 57.8 Å². The standard InChI is InChI=1S/C24H29N3O5S/c1-3-32-24(30)21-15(2)20-22(29)25-19(26-23(20)33-21)12-27(17-9-10-17)11-18(28)14-31-13-16-7-5-4-6-8-16/h4-8,17-18,28H,3,9-14H2,1-2H3,(H,25,26,29)/t18-/m1/s1. The highest BCUT2D eigenvalue weighted by Gasteiger charge is 2.31. The molecule has 0 saturated heterocycles. The van der Waals surface area contributed by atoms with Crippen molar-refractivity contribution in [2.75, 3.05) is 19.8 Å². The zero-order chi connectivity index (χ0) is 23.4. The Labute approximate surface area is 196 Å². The van der Waals surface area contributed by atoms with E-state index in [2.05, 4.69) is 14.9 Å². The van der Waals surface area contributed by atoms with Gasteiger partial charge in [0.2, 0.25) is 0 Å². The number of hydrogen-bond donors (Lipinski definition) is 2. The van der Waals surface area contributed by atoms with Gasteiger partial charge in [0.1, 0.15) is 15.5 Å². The fraction of sp³-hybridized carbons (Fsp3) is 0.458. The molecule has 176 valence electrons. The Morgan fingerprint density at radius 2 is 2.09 bits per heavy atom. The van der Waals surface area contributed by atoms with E-state index in [1.165, 1.54) is 11.3 Å². The molecule has 1 fully saturated rings. The lowest BCUT2D eigenvalue weighted by Crippen LogP contribution is -2.37. The maximum atomic E-state index is 12.8. The first-order valence-electron chi connectivity index (χ1n) is 11.2. The molecule has 0 spiro atoms. The number of nitrogens with one attached hydrogen (secondary N) is 1. The van der Waals surface area contributed by atoms with Crippen LogP contribution < -0.4 is 5.56 Å². The van der Waals surface area contributed by atoms with E-state index in [4.69, 9.17) is 9.47 Å². The zero-order valence-corrected chi connectivity index (χ0v) is 19.7. The molecular formula is C24H29N3O5S. The predicted molar refractivity (Wildman–Crippen MR) is 126 cm³/mol. The van der Waals surface area contributed by atoms with Gasteiger partial charge in [-0.25, -0.2) is 9.78 Å². The van der Waals surface area contributed by atoms with Crippen molar-refractivity contribution in [3.63, 3.8) is 0 Å². The molecule has 1 aromatic carbocycles. The number of fused-ring (bicyclic) bond motifs is 1. The summed E-state index contributed by atoms with van der Waals surface area (Å²) < 4.78 is 10.8. The highest BCUT2D eigenvalue weighted by molar-refractivity contribution is 7.20. The molecule has 0 bridgehead atoms. The van der Waals surface area contributed by atoms with Crippen LogP contribution in [0, 0.1) is 6.92 Å². The number of benzene rings is 1. The van der Waals surface area contributed by atoms with E-state index in [1.54, 1.807) is 13.8 Å². The van der Waals surface area contributed by atoms with E-state index in [0.717, 1.165) is 18.4 Å². The molecule has 2 N–H and O–H groups in total. The van der Waals surface area contributed by atoms with E-state index >= 15 is 0 Å². The number of hydrogen-bond acceptors (Lipinski definition) is 8. The Morgan fingerprint density at radius 1 is 1.33 bits per heavy atom. The molecule has 0 unspecified atom stereocenters. The Morgan fingerprint density at radius 3 is 2.79 bits per heavy atom. The molecule has 1 atom stereocenters. The molecule has 0 radical (unpaired) electrons. The van der Waals surface area contributed by atoms with E-state index < -0.39 is 12.1 Å². The molecule has 0 aliphatic heterocycles. The number of nitrogens with zero attached hydrogens (tertiary/aromatic N) is 2. The summed E-state index contributed by atoms with van der Waals surface area (Å²) in [5, 5.41) is 11.0. The van der Waals surface area contributed by atoms with Crippen LogP contribution in [0.15, 0.2) is 35.1 Å². The van der Waals surface area contributed by atoms with Crippen molar-refractivity contribution in [2.24, 2.45) is 0 Å². The Bertz CT molecular complexity index is 1160. The van der Waals surface area contributed by atoms with E-state index in [1.807, 2.05) is 30.3 Å². The first-order valence-corrected chi connectivity index (χ1v) is 12.0. The van der Waals surface area contributed by atoms with Gasteiger partial charge in [-0.05, 0) is 37.8 Å². The first-order chi connectivity index (χ1) is 16.0. The molecule has 0 amide bonds. The van der Waals surface area contributed by atoms with Gasteiger partial charge in [0.05, 0.1) is 37.9 Å². The molecule has 3 aromatic rings. The third-order valence-electron chi connectivity index (χ3n) is 5.59. The molecule has 9 heteroatoms. The van der Waals surface area contributed by atoms with Crippen LogP contribution in [0.2, 0.25) is 0 Å². The maximum Gasteiger partial charge on any atom is 0.348 e. The van der Waals surface area contributed by atoms with E-state index in [-0.39, 0.29) is 18.8 Å². The second-order valence-electron chi connectivity index (χ2n) is 8.28. The number of H-pyrrole nitrogens is 1. The molecule has 2 aromatic heterocycles. The van der Waals surface area contributed by atoms with Crippen molar-refractivity contribution in [3.8, 4) is 0 Å². The van der Waals surface area contributed by atoms with Crippen molar-refractivity contribution in [1.29, 1.82) is 0 Å². The van der Waals surface area contributed by atoms with Crippen LogP contribution in [0.4, 0.5) is 0 Å². The number of rotatable bonds is 11. The molecule has 2 heterocycles. The van der Waals surface area contributed by atoms with Crippen molar-refractivity contribution in [3.05, 3.63) is 62.5 Å². The van der Waals surface area contributed by atoms with Gasteiger partial charge in [0.15, 0.2) is 0 Å². The van der Waals surface area contributed by atoms with Gasteiger partial charge in [-0.2, -0.15) is 0 Å². The second kappa shape index (κ2) is 10.6. The molecule has 1 saturated carbocycles. The van der Waals surface area contributed by atoms with Gasteiger partial charge in [-0.15, -0.1) is 11.3 Å². The molecule has 1 aliphatic carbocycles. The number of thiophene rings is 1. The number of aliphatic hydroxyl groups excluding tert-OH is 1. The first kappa shape index (κ1) is 23.6. The topological polar surface area (TPSA) is 105 Å². The lowest BCUT2D eigenvalue weighted by atomic mass is 10.2. The number of aromatic nitrogens is 2. The Hall–Kier alpha value is -2.59. The molecule has 4 rings (SSSR count). The zero-order valence-electron chi connectivity index (χ0n) is 18.9. The smallest absolute Gasteiger partial charge is 0.348 e. The summed E-state index contributed by atoms with van der Waals surface area (Å²) in [6.07, 6.45) is 1.45. The van der Waals surface area contributed by atoms with Crippen molar-refractivity contribution in [1.82, 2.24) is 14.9 Å². The second-order valence-corrected chi connectivity index (χ2v) is 9.28. The highest BCUT2D eigenvalue weighted by Crippen LogP contribution is 2.30. The molecular weight excluding hydrogens is 442 g/mol. The lowest BCUT2D eigenvalue weighted by molar-refractivity contribution is 0.00666. The minimum Gasteiger partial charge on any atom is -0.462 e. The SMILES string of the molecule is CCOC(=O)c1sc2nc(CN(C[C@@H](O)COCc3ccccc3)C3CC3)[nH]c(=O)c2c1C. The largest absolute Gasteiger partial charge is 0.462 e. The van der Waals surface area contributed by atoms with Crippen molar-refractivity contribution >= 4 is 27.5 Å². The number of esters is 1. The lowest BCUT2D eigenvalue weighted by Gasteiger charge is -2.24. The van der Waals surface area contributed by atoms with Crippen molar-refractivity contribution < 1.29 is 19.4 Å². The summed E-state index contributed by atoms with van der Waals surface area (Å²) in [5.41, 5.74) is 1.40. The normalized spacial score (nSPS) is 14.7. The number of aliphatic hydroxyl groups is 1. The van der Waals surface area contributed by atoms with E-state index in [0.29, 0.717) is 52.2 Å². The minimum atomic E-state index is -0.649. The van der Waals surface area contributed by atoms with Gasteiger partial charge in [0, 0.05) is 12.6 Å². The van der Waals surface area contributed by atoms with Gasteiger partial charge in [-0.1, -0.05) is 30.3 Å². The third kappa shape index (κ3) is 5.86. The molecule has 33 heavy (non-hydrogen) atoms. The number of aromatic amines is 1. The summed E-state index contributed by atoms with van der Waals surface area (Å²) >= 11 is 1.18. The predicted octanol–water partition coefficient (Wildman–Crippen LogP) is 3.01.